The van der Waals surface area contributed by atoms with Gasteiger partial charge in [0.1, 0.15) is 4.21 Å². The number of nitrogens with one attached hydrogen (secondary N) is 2. The molecule has 1 amide bonds. The van der Waals surface area contributed by atoms with Gasteiger partial charge in [0.15, 0.2) is 0 Å². The Balaban J connectivity index is 1.63. The Kier molecular flexibility index (Phi) is 5.82. The summed E-state index contributed by atoms with van der Waals surface area (Å²) in [5.41, 5.74) is 0. The first kappa shape index (κ1) is 18.8. The molecule has 2 fully saturated rings. The SMILES string of the molecule is Cc1ccc(S(=O)(=O)N2CCCC(C(=O)NC3CCNC(C)C3)C2)s1. The van der Waals surface area contributed by atoms with E-state index in [2.05, 4.69) is 17.6 Å². The van der Waals surface area contributed by atoms with Crippen LogP contribution in [0.5, 0.6) is 0 Å². The second kappa shape index (κ2) is 7.73. The molecule has 2 N–H and O–H groups in total. The standard InChI is InChI=1S/C17H27N3O3S2/c1-12-10-15(7-8-18-12)19-17(21)14-4-3-9-20(11-14)25(22,23)16-6-5-13(2)24-16/h5-6,12,14-15,18H,3-4,7-11H2,1-2H3,(H,19,21). The van der Waals surface area contributed by atoms with E-state index in [0.29, 0.717) is 16.8 Å². The molecule has 0 aliphatic carbocycles. The number of nitrogens with zero attached hydrogens (tertiary/aromatic N) is 1. The van der Waals surface area contributed by atoms with Crippen LogP contribution in [0.2, 0.25) is 0 Å². The molecule has 1 aromatic heterocycles. The fourth-order valence-corrected chi connectivity index (χ4v) is 6.60. The van der Waals surface area contributed by atoms with E-state index in [1.54, 1.807) is 6.07 Å². The van der Waals surface area contributed by atoms with Crippen molar-refractivity contribution in [2.45, 2.75) is 55.8 Å². The minimum Gasteiger partial charge on any atom is -0.353 e. The average Bonchev–Trinajstić information content (AvgIpc) is 3.02. The summed E-state index contributed by atoms with van der Waals surface area (Å²) in [6, 6.07) is 4.08. The first-order valence-electron chi connectivity index (χ1n) is 8.96. The van der Waals surface area contributed by atoms with Crippen molar-refractivity contribution in [2.75, 3.05) is 19.6 Å². The number of carbonyl (C=O) groups is 1. The van der Waals surface area contributed by atoms with E-state index >= 15 is 0 Å². The quantitative estimate of drug-likeness (QED) is 0.827. The van der Waals surface area contributed by atoms with Crippen LogP contribution in [0.1, 0.15) is 37.5 Å². The highest BCUT2D eigenvalue weighted by Gasteiger charge is 2.34. The lowest BCUT2D eigenvalue weighted by Gasteiger charge is -2.33. The van der Waals surface area contributed by atoms with E-state index < -0.39 is 10.0 Å². The van der Waals surface area contributed by atoms with E-state index in [-0.39, 0.29) is 24.4 Å². The van der Waals surface area contributed by atoms with Crippen LogP contribution >= 0.6 is 11.3 Å². The highest BCUT2D eigenvalue weighted by Crippen LogP contribution is 2.28. The Bertz CT molecular complexity index is 716. The molecular formula is C17H27N3O3S2. The van der Waals surface area contributed by atoms with Crippen LogP contribution in [-0.2, 0) is 14.8 Å². The monoisotopic (exact) mass is 385 g/mol. The highest BCUT2D eigenvalue weighted by molar-refractivity contribution is 7.91. The Hall–Kier alpha value is -0.960. The van der Waals surface area contributed by atoms with Gasteiger partial charge in [-0.15, -0.1) is 11.3 Å². The van der Waals surface area contributed by atoms with Gasteiger partial charge in [0, 0.05) is 30.1 Å². The largest absolute Gasteiger partial charge is 0.353 e. The smallest absolute Gasteiger partial charge is 0.252 e. The summed E-state index contributed by atoms with van der Waals surface area (Å²) in [5.74, 6) is -0.254. The third kappa shape index (κ3) is 4.42. The molecule has 0 spiro atoms. The normalized spacial score (nSPS) is 28.6. The number of rotatable bonds is 4. The van der Waals surface area contributed by atoms with Crippen LogP contribution in [0.4, 0.5) is 0 Å². The lowest BCUT2D eigenvalue weighted by molar-refractivity contribution is -0.127. The highest BCUT2D eigenvalue weighted by atomic mass is 32.2. The van der Waals surface area contributed by atoms with Gasteiger partial charge in [-0.25, -0.2) is 8.42 Å². The molecule has 8 heteroatoms. The Morgan fingerprint density at radius 2 is 2.16 bits per heavy atom. The zero-order valence-corrected chi connectivity index (χ0v) is 16.5. The van der Waals surface area contributed by atoms with Crippen LogP contribution < -0.4 is 10.6 Å². The molecular weight excluding hydrogens is 358 g/mol. The predicted molar refractivity (Wildman–Crippen MR) is 99.2 cm³/mol. The number of piperidine rings is 2. The maximum Gasteiger partial charge on any atom is 0.252 e. The summed E-state index contributed by atoms with van der Waals surface area (Å²) < 4.78 is 27.5. The van der Waals surface area contributed by atoms with Crippen LogP contribution in [-0.4, -0.2) is 50.3 Å². The molecule has 3 heterocycles. The minimum absolute atomic E-state index is 0.00126. The topological polar surface area (TPSA) is 78.5 Å². The second-order valence-corrected chi connectivity index (χ2v) is 10.6. The number of carbonyl (C=O) groups excluding carboxylic acids is 1. The summed E-state index contributed by atoms with van der Waals surface area (Å²) in [7, 11) is -3.49. The van der Waals surface area contributed by atoms with Crippen LogP contribution in [0, 0.1) is 12.8 Å². The van der Waals surface area contributed by atoms with Gasteiger partial charge < -0.3 is 10.6 Å². The molecule has 0 aromatic carbocycles. The molecule has 0 saturated carbocycles. The zero-order chi connectivity index (χ0) is 18.0. The summed E-state index contributed by atoms with van der Waals surface area (Å²) >= 11 is 1.29. The average molecular weight is 386 g/mol. The molecule has 25 heavy (non-hydrogen) atoms. The van der Waals surface area contributed by atoms with Gasteiger partial charge in [0.25, 0.3) is 10.0 Å². The first-order valence-corrected chi connectivity index (χ1v) is 11.2. The van der Waals surface area contributed by atoms with Crippen molar-refractivity contribution in [2.24, 2.45) is 5.92 Å². The van der Waals surface area contributed by atoms with Gasteiger partial charge >= 0.3 is 0 Å². The van der Waals surface area contributed by atoms with Crippen LogP contribution in [0.3, 0.4) is 0 Å². The summed E-state index contributed by atoms with van der Waals surface area (Å²) in [5, 5.41) is 6.51. The number of thiophene rings is 1. The molecule has 2 aliphatic heterocycles. The Morgan fingerprint density at radius 3 is 2.84 bits per heavy atom. The summed E-state index contributed by atoms with van der Waals surface area (Å²) in [4.78, 5) is 13.6. The van der Waals surface area contributed by atoms with Crippen molar-refractivity contribution in [3.05, 3.63) is 17.0 Å². The molecule has 1 aromatic rings. The van der Waals surface area contributed by atoms with E-state index in [4.69, 9.17) is 0 Å². The summed E-state index contributed by atoms with van der Waals surface area (Å²) in [6.45, 7) is 5.71. The number of hydrogen-bond donors (Lipinski definition) is 2. The van der Waals surface area contributed by atoms with Gasteiger partial charge in [-0.2, -0.15) is 4.31 Å². The van der Waals surface area contributed by atoms with Crippen molar-refractivity contribution in [1.29, 1.82) is 0 Å². The Labute approximate surface area is 154 Å². The van der Waals surface area contributed by atoms with Crippen molar-refractivity contribution >= 4 is 27.3 Å². The minimum atomic E-state index is -3.49. The van der Waals surface area contributed by atoms with E-state index in [1.165, 1.54) is 15.6 Å². The van der Waals surface area contributed by atoms with Crippen molar-refractivity contribution in [1.82, 2.24) is 14.9 Å². The number of hydrogen-bond acceptors (Lipinski definition) is 5. The number of amides is 1. The maximum atomic E-state index is 12.8. The number of aryl methyl sites for hydroxylation is 1. The van der Waals surface area contributed by atoms with Gasteiger partial charge in [0.2, 0.25) is 5.91 Å². The Morgan fingerprint density at radius 1 is 1.36 bits per heavy atom. The fraction of sp³-hybridized carbons (Fsp3) is 0.706. The van der Waals surface area contributed by atoms with Gasteiger partial charge in [-0.1, -0.05) is 0 Å². The maximum absolute atomic E-state index is 12.8. The first-order chi connectivity index (χ1) is 11.9. The van der Waals surface area contributed by atoms with Gasteiger partial charge in [0.05, 0.1) is 5.92 Å². The molecule has 140 valence electrons. The fourth-order valence-electron chi connectivity index (χ4n) is 3.63. The van der Waals surface area contributed by atoms with E-state index in [0.717, 1.165) is 37.1 Å². The zero-order valence-electron chi connectivity index (χ0n) is 14.8. The number of sulfonamides is 1. The molecule has 3 atom stereocenters. The van der Waals surface area contributed by atoms with Crippen LogP contribution in [0.25, 0.3) is 0 Å². The van der Waals surface area contributed by atoms with E-state index in [9.17, 15) is 13.2 Å². The molecule has 2 aliphatic rings. The lowest BCUT2D eigenvalue weighted by atomic mass is 9.96. The molecule has 0 bridgehead atoms. The van der Waals surface area contributed by atoms with Crippen molar-refractivity contribution in [3.8, 4) is 0 Å². The second-order valence-electron chi connectivity index (χ2n) is 7.15. The van der Waals surface area contributed by atoms with E-state index in [1.807, 2.05) is 13.0 Å². The molecule has 3 unspecified atom stereocenters. The predicted octanol–water partition coefficient (Wildman–Crippen LogP) is 1.71. The van der Waals surface area contributed by atoms with Gasteiger partial charge in [-0.3, -0.25) is 4.79 Å². The summed E-state index contributed by atoms with van der Waals surface area (Å²) in [6.07, 6.45) is 3.33. The van der Waals surface area contributed by atoms with Gasteiger partial charge in [-0.05, 0) is 58.2 Å². The molecule has 0 radical (unpaired) electrons. The molecule has 6 nitrogen and oxygen atoms in total. The lowest BCUT2D eigenvalue weighted by Crippen LogP contribution is -2.51. The molecule has 2 saturated heterocycles. The van der Waals surface area contributed by atoms with Crippen molar-refractivity contribution in [3.63, 3.8) is 0 Å². The molecule has 3 rings (SSSR count). The third-order valence-electron chi connectivity index (χ3n) is 5.03. The third-order valence-corrected chi connectivity index (χ3v) is 8.37. The van der Waals surface area contributed by atoms with Crippen LogP contribution in [0.15, 0.2) is 16.3 Å². The van der Waals surface area contributed by atoms with Crippen molar-refractivity contribution < 1.29 is 13.2 Å².